The summed E-state index contributed by atoms with van der Waals surface area (Å²) in [5.74, 6) is -1.40. The first kappa shape index (κ1) is 10.7. The number of rotatable bonds is 3. The van der Waals surface area contributed by atoms with E-state index in [0.29, 0.717) is 0 Å². The van der Waals surface area contributed by atoms with E-state index in [1.165, 1.54) is 0 Å². The minimum atomic E-state index is -1.10. The third-order valence-electron chi connectivity index (χ3n) is 1.99. The summed E-state index contributed by atoms with van der Waals surface area (Å²) in [4.78, 5) is 11.3. The molecule has 0 saturated carbocycles. The summed E-state index contributed by atoms with van der Waals surface area (Å²) in [5.41, 5.74) is 0. The maximum Gasteiger partial charge on any atom is 0.191 e. The highest BCUT2D eigenvalue weighted by atomic mass is 16.1. The molecule has 0 amide bonds. The molecule has 0 aliphatic heterocycles. The Kier molecular flexibility index (Phi) is 4.00. The second-order valence-electron chi connectivity index (χ2n) is 3.13. The summed E-state index contributed by atoms with van der Waals surface area (Å²) in [6.45, 7) is 5.54. The SMILES string of the molecule is CC(C)C(C)C(=O)C(C#N)C#N. The molecule has 0 saturated heterocycles. The fourth-order valence-corrected chi connectivity index (χ4v) is 0.748. The largest absolute Gasteiger partial charge is 0.297 e. The number of ketones is 1. The lowest BCUT2D eigenvalue weighted by Gasteiger charge is -2.13. The van der Waals surface area contributed by atoms with Gasteiger partial charge in [-0.15, -0.1) is 0 Å². The fourth-order valence-electron chi connectivity index (χ4n) is 0.748. The number of nitriles is 2. The van der Waals surface area contributed by atoms with Crippen LogP contribution in [-0.4, -0.2) is 5.78 Å². The van der Waals surface area contributed by atoms with E-state index in [4.69, 9.17) is 10.5 Å². The van der Waals surface area contributed by atoms with Gasteiger partial charge in [0.15, 0.2) is 11.7 Å². The molecular weight excluding hydrogens is 152 g/mol. The Bertz CT molecular complexity index is 230. The minimum Gasteiger partial charge on any atom is -0.297 e. The average Bonchev–Trinajstić information content (AvgIpc) is 2.05. The molecule has 0 aromatic heterocycles. The Hall–Kier alpha value is -1.35. The molecule has 0 aromatic carbocycles. The molecule has 0 aliphatic carbocycles. The summed E-state index contributed by atoms with van der Waals surface area (Å²) < 4.78 is 0. The topological polar surface area (TPSA) is 64.7 Å². The number of hydrogen-bond acceptors (Lipinski definition) is 3. The molecule has 0 fully saturated rings. The van der Waals surface area contributed by atoms with Crippen molar-refractivity contribution >= 4 is 5.78 Å². The van der Waals surface area contributed by atoms with Gasteiger partial charge in [-0.2, -0.15) is 10.5 Å². The van der Waals surface area contributed by atoms with Crippen molar-refractivity contribution < 1.29 is 4.79 Å². The lowest BCUT2D eigenvalue weighted by atomic mass is 9.88. The van der Waals surface area contributed by atoms with Crippen LogP contribution < -0.4 is 0 Å². The summed E-state index contributed by atoms with van der Waals surface area (Å²) in [6.07, 6.45) is 0. The van der Waals surface area contributed by atoms with Gasteiger partial charge in [0.1, 0.15) is 0 Å². The molecule has 0 spiro atoms. The lowest BCUT2D eigenvalue weighted by Crippen LogP contribution is -2.23. The standard InChI is InChI=1S/C9H12N2O/c1-6(2)7(3)9(12)8(4-10)5-11/h6-8H,1-3H3. The van der Waals surface area contributed by atoms with Crippen LogP contribution in [0.4, 0.5) is 0 Å². The van der Waals surface area contributed by atoms with Crippen molar-refractivity contribution in [1.82, 2.24) is 0 Å². The highest BCUT2D eigenvalue weighted by Crippen LogP contribution is 2.15. The second-order valence-corrected chi connectivity index (χ2v) is 3.13. The number of hydrogen-bond donors (Lipinski definition) is 0. The van der Waals surface area contributed by atoms with Gasteiger partial charge in [-0.3, -0.25) is 4.79 Å². The van der Waals surface area contributed by atoms with Gasteiger partial charge in [0.05, 0.1) is 12.1 Å². The molecule has 0 N–H and O–H groups in total. The fraction of sp³-hybridized carbons (Fsp3) is 0.667. The van der Waals surface area contributed by atoms with E-state index in [0.717, 1.165) is 0 Å². The highest BCUT2D eigenvalue weighted by Gasteiger charge is 2.25. The quantitative estimate of drug-likeness (QED) is 0.635. The van der Waals surface area contributed by atoms with E-state index in [-0.39, 0.29) is 17.6 Å². The van der Waals surface area contributed by atoms with Crippen molar-refractivity contribution in [3.63, 3.8) is 0 Å². The molecule has 3 heteroatoms. The van der Waals surface area contributed by atoms with Crippen molar-refractivity contribution in [3.8, 4) is 12.1 Å². The molecular formula is C9H12N2O. The predicted molar refractivity (Wildman–Crippen MR) is 43.7 cm³/mol. The number of carbonyl (C=O) groups is 1. The third kappa shape index (κ3) is 2.36. The van der Waals surface area contributed by atoms with Gasteiger partial charge in [0, 0.05) is 5.92 Å². The minimum absolute atomic E-state index is 0.182. The smallest absolute Gasteiger partial charge is 0.191 e. The lowest BCUT2D eigenvalue weighted by molar-refractivity contribution is -0.124. The molecule has 64 valence electrons. The summed E-state index contributed by atoms with van der Waals surface area (Å²) in [5, 5.41) is 16.9. The maximum atomic E-state index is 11.3. The van der Waals surface area contributed by atoms with Gasteiger partial charge >= 0.3 is 0 Å². The highest BCUT2D eigenvalue weighted by molar-refractivity contribution is 5.87. The Morgan fingerprint density at radius 2 is 1.58 bits per heavy atom. The van der Waals surface area contributed by atoms with Crippen LogP contribution in [0.5, 0.6) is 0 Å². The molecule has 12 heavy (non-hydrogen) atoms. The second kappa shape index (κ2) is 4.51. The zero-order chi connectivity index (χ0) is 9.72. The first-order valence-electron chi connectivity index (χ1n) is 3.87. The van der Waals surface area contributed by atoms with E-state index in [1.54, 1.807) is 19.1 Å². The molecule has 0 bridgehead atoms. The summed E-state index contributed by atoms with van der Waals surface area (Å²) in [7, 11) is 0. The number of nitrogens with zero attached hydrogens (tertiary/aromatic N) is 2. The number of carbonyl (C=O) groups excluding carboxylic acids is 1. The van der Waals surface area contributed by atoms with Crippen molar-refractivity contribution in [1.29, 1.82) is 10.5 Å². The molecule has 0 radical (unpaired) electrons. The van der Waals surface area contributed by atoms with Crippen LogP contribution in [-0.2, 0) is 4.79 Å². The van der Waals surface area contributed by atoms with E-state index in [1.807, 2.05) is 13.8 Å². The van der Waals surface area contributed by atoms with E-state index >= 15 is 0 Å². The van der Waals surface area contributed by atoms with Crippen LogP contribution in [0, 0.1) is 40.4 Å². The Balaban J connectivity index is 4.42. The van der Waals surface area contributed by atoms with Crippen molar-refractivity contribution in [3.05, 3.63) is 0 Å². The van der Waals surface area contributed by atoms with Gasteiger partial charge in [-0.1, -0.05) is 20.8 Å². The first-order chi connectivity index (χ1) is 5.54. The molecule has 0 aromatic rings. The zero-order valence-electron chi connectivity index (χ0n) is 7.53. The maximum absolute atomic E-state index is 11.3. The molecule has 0 rings (SSSR count). The Morgan fingerprint density at radius 3 is 1.83 bits per heavy atom. The van der Waals surface area contributed by atoms with Gasteiger partial charge in [-0.05, 0) is 5.92 Å². The van der Waals surface area contributed by atoms with Crippen molar-refractivity contribution in [2.45, 2.75) is 20.8 Å². The molecule has 3 nitrogen and oxygen atoms in total. The van der Waals surface area contributed by atoms with Crippen molar-refractivity contribution in [2.75, 3.05) is 0 Å². The van der Waals surface area contributed by atoms with Crippen LogP contribution in [0.3, 0.4) is 0 Å². The first-order valence-corrected chi connectivity index (χ1v) is 3.87. The zero-order valence-corrected chi connectivity index (χ0v) is 7.53. The van der Waals surface area contributed by atoms with Crippen molar-refractivity contribution in [2.24, 2.45) is 17.8 Å². The molecule has 1 atom stereocenters. The normalized spacial score (nSPS) is 12.2. The van der Waals surface area contributed by atoms with Gasteiger partial charge in [-0.25, -0.2) is 0 Å². The molecule has 0 aliphatic rings. The summed E-state index contributed by atoms with van der Waals surface area (Å²) in [6, 6.07) is 3.35. The molecule has 1 unspecified atom stereocenters. The Morgan fingerprint density at radius 1 is 1.17 bits per heavy atom. The summed E-state index contributed by atoms with van der Waals surface area (Å²) >= 11 is 0. The van der Waals surface area contributed by atoms with Gasteiger partial charge < -0.3 is 0 Å². The monoisotopic (exact) mass is 164 g/mol. The van der Waals surface area contributed by atoms with E-state index < -0.39 is 5.92 Å². The van der Waals surface area contributed by atoms with E-state index in [2.05, 4.69) is 0 Å². The van der Waals surface area contributed by atoms with Crippen LogP contribution >= 0.6 is 0 Å². The van der Waals surface area contributed by atoms with Gasteiger partial charge in [0.25, 0.3) is 0 Å². The van der Waals surface area contributed by atoms with Gasteiger partial charge in [0.2, 0.25) is 0 Å². The Labute approximate surface area is 72.6 Å². The van der Waals surface area contributed by atoms with Crippen LogP contribution in [0.25, 0.3) is 0 Å². The van der Waals surface area contributed by atoms with Crippen LogP contribution in [0.1, 0.15) is 20.8 Å². The van der Waals surface area contributed by atoms with Crippen LogP contribution in [0.15, 0.2) is 0 Å². The van der Waals surface area contributed by atoms with Crippen LogP contribution in [0.2, 0.25) is 0 Å². The average molecular weight is 164 g/mol. The molecule has 0 heterocycles. The number of Topliss-reactive ketones (excluding diaryl/α,β-unsaturated/α-hetero) is 1. The van der Waals surface area contributed by atoms with E-state index in [9.17, 15) is 4.79 Å². The predicted octanol–water partition coefficient (Wildman–Crippen LogP) is 1.51. The third-order valence-corrected chi connectivity index (χ3v) is 1.99.